The van der Waals surface area contributed by atoms with Crippen molar-refractivity contribution in [3.63, 3.8) is 0 Å². The maximum Gasteiger partial charge on any atom is 0.0486 e. The van der Waals surface area contributed by atoms with Crippen molar-refractivity contribution in [3.05, 3.63) is 60.3 Å². The second-order valence-corrected chi connectivity index (χ2v) is 4.40. The molecule has 2 aromatic carbocycles. The number of aryl methyl sites for hydroxylation is 1. The largest absolute Gasteiger partial charge is 0.347 e. The molecule has 0 radical (unpaired) electrons. The number of benzene rings is 2. The van der Waals surface area contributed by atoms with Gasteiger partial charge >= 0.3 is 0 Å². The second-order valence-electron chi connectivity index (χ2n) is 4.40. The third-order valence-electron chi connectivity index (χ3n) is 3.46. The van der Waals surface area contributed by atoms with Gasteiger partial charge in [0.2, 0.25) is 0 Å². The molecule has 1 heterocycles. The molecule has 3 aromatic rings. The molecule has 3 rings (SSSR count). The first kappa shape index (κ1) is 10.2. The van der Waals surface area contributed by atoms with E-state index in [1.165, 1.54) is 27.7 Å². The first-order valence-electron chi connectivity index (χ1n) is 5.88. The number of nitrogens with zero attached hydrogens (tertiary/aromatic N) is 1. The molecule has 0 aliphatic rings. The van der Waals surface area contributed by atoms with Gasteiger partial charge in [0.1, 0.15) is 0 Å². The Labute approximate surface area is 101 Å². The van der Waals surface area contributed by atoms with Crippen LogP contribution in [0.5, 0.6) is 0 Å². The van der Waals surface area contributed by atoms with E-state index < -0.39 is 0 Å². The van der Waals surface area contributed by atoms with Gasteiger partial charge in [0, 0.05) is 29.2 Å². The first-order valence-corrected chi connectivity index (χ1v) is 5.88. The molecule has 0 bridgehead atoms. The van der Waals surface area contributed by atoms with Gasteiger partial charge in [-0.1, -0.05) is 48.5 Å². The van der Waals surface area contributed by atoms with Gasteiger partial charge in [-0.3, -0.25) is 0 Å². The molecule has 0 fully saturated rings. The van der Waals surface area contributed by atoms with Gasteiger partial charge in [-0.05, 0) is 18.6 Å². The Morgan fingerprint density at radius 2 is 1.47 bits per heavy atom. The molecule has 0 amide bonds. The summed E-state index contributed by atoms with van der Waals surface area (Å²) in [5.41, 5.74) is 5.26. The maximum atomic E-state index is 2.26. The number of hydrogen-bond donors (Lipinski definition) is 0. The Bertz CT molecular complexity index is 663. The molecule has 17 heavy (non-hydrogen) atoms. The van der Waals surface area contributed by atoms with Crippen LogP contribution in [0.3, 0.4) is 0 Å². The minimum atomic E-state index is 1.29. The predicted octanol–water partition coefficient (Wildman–Crippen LogP) is 4.15. The summed E-state index contributed by atoms with van der Waals surface area (Å²) in [6, 6.07) is 19.2. The summed E-state index contributed by atoms with van der Waals surface area (Å²) in [5, 5.41) is 1.33. The number of para-hydroxylation sites is 1. The van der Waals surface area contributed by atoms with E-state index in [9.17, 15) is 0 Å². The number of hydrogen-bond acceptors (Lipinski definition) is 0. The molecule has 0 atom stereocenters. The second kappa shape index (κ2) is 3.77. The van der Waals surface area contributed by atoms with Gasteiger partial charge in [-0.2, -0.15) is 0 Å². The number of rotatable bonds is 1. The van der Waals surface area contributed by atoms with Crippen molar-refractivity contribution in [1.29, 1.82) is 0 Å². The van der Waals surface area contributed by atoms with E-state index in [4.69, 9.17) is 0 Å². The third kappa shape index (κ3) is 1.47. The smallest absolute Gasteiger partial charge is 0.0486 e. The molecular weight excluding hydrogens is 206 g/mol. The maximum absolute atomic E-state index is 2.26. The van der Waals surface area contributed by atoms with E-state index in [1.54, 1.807) is 0 Å². The zero-order chi connectivity index (χ0) is 11.8. The van der Waals surface area contributed by atoms with Gasteiger partial charge in [0.15, 0.2) is 0 Å². The Morgan fingerprint density at radius 1 is 0.824 bits per heavy atom. The zero-order valence-electron chi connectivity index (χ0n) is 10.1. The van der Waals surface area contributed by atoms with Crippen molar-refractivity contribution in [2.45, 2.75) is 6.92 Å². The summed E-state index contributed by atoms with van der Waals surface area (Å²) in [6.07, 6.45) is 0. The van der Waals surface area contributed by atoms with Crippen LogP contribution in [-0.2, 0) is 7.05 Å². The zero-order valence-corrected chi connectivity index (χ0v) is 10.1. The fourth-order valence-corrected chi connectivity index (χ4v) is 2.49. The van der Waals surface area contributed by atoms with Crippen LogP contribution >= 0.6 is 0 Å². The Kier molecular flexibility index (Phi) is 2.25. The lowest BCUT2D eigenvalue weighted by atomic mass is 10.0. The highest BCUT2D eigenvalue weighted by Crippen LogP contribution is 2.33. The van der Waals surface area contributed by atoms with Gasteiger partial charge in [-0.25, -0.2) is 0 Å². The molecule has 84 valence electrons. The van der Waals surface area contributed by atoms with Gasteiger partial charge in [0.25, 0.3) is 0 Å². The summed E-state index contributed by atoms with van der Waals surface area (Å²) in [6.45, 7) is 2.18. The van der Waals surface area contributed by atoms with E-state index in [2.05, 4.69) is 73.1 Å². The van der Waals surface area contributed by atoms with Crippen LogP contribution in [0.25, 0.3) is 22.0 Å². The first-order chi connectivity index (χ1) is 8.29. The molecule has 0 unspecified atom stereocenters. The highest BCUT2D eigenvalue weighted by molar-refractivity contribution is 5.97. The fourth-order valence-electron chi connectivity index (χ4n) is 2.49. The number of fused-ring (bicyclic) bond motifs is 1. The lowest BCUT2D eigenvalue weighted by Crippen LogP contribution is -1.90. The fraction of sp³-hybridized carbons (Fsp3) is 0.125. The van der Waals surface area contributed by atoms with Crippen LogP contribution in [0.15, 0.2) is 54.6 Å². The molecule has 1 aromatic heterocycles. The predicted molar refractivity (Wildman–Crippen MR) is 73.1 cm³/mol. The molecule has 0 N–H and O–H groups in total. The average molecular weight is 221 g/mol. The van der Waals surface area contributed by atoms with Crippen molar-refractivity contribution < 1.29 is 0 Å². The molecule has 0 aliphatic carbocycles. The third-order valence-corrected chi connectivity index (χ3v) is 3.46. The SMILES string of the molecule is Cc1c(-c2ccccc2)c2ccccc2n1C. The van der Waals surface area contributed by atoms with Gasteiger partial charge < -0.3 is 4.57 Å². The highest BCUT2D eigenvalue weighted by atomic mass is 14.9. The van der Waals surface area contributed by atoms with E-state index >= 15 is 0 Å². The minimum Gasteiger partial charge on any atom is -0.347 e. The normalized spacial score (nSPS) is 10.9. The van der Waals surface area contributed by atoms with Crippen LogP contribution in [-0.4, -0.2) is 4.57 Å². The standard InChI is InChI=1S/C16H15N/c1-12-16(13-8-4-3-5-9-13)14-10-6-7-11-15(14)17(12)2/h3-11H,1-2H3. The van der Waals surface area contributed by atoms with Crippen molar-refractivity contribution in [1.82, 2.24) is 4.57 Å². The summed E-state index contributed by atoms with van der Waals surface area (Å²) in [7, 11) is 2.13. The minimum absolute atomic E-state index is 1.29. The van der Waals surface area contributed by atoms with Crippen LogP contribution < -0.4 is 0 Å². The quantitative estimate of drug-likeness (QED) is 0.581. The van der Waals surface area contributed by atoms with Gasteiger partial charge in [0.05, 0.1) is 0 Å². The molecule has 0 aliphatic heterocycles. The van der Waals surface area contributed by atoms with E-state index in [0.717, 1.165) is 0 Å². The Balaban J connectivity index is 2.41. The molecule has 0 saturated heterocycles. The van der Waals surface area contributed by atoms with Crippen LogP contribution in [0.1, 0.15) is 5.69 Å². The summed E-state index contributed by atoms with van der Waals surface area (Å²) >= 11 is 0. The summed E-state index contributed by atoms with van der Waals surface area (Å²) in [5.74, 6) is 0. The molecule has 1 nitrogen and oxygen atoms in total. The van der Waals surface area contributed by atoms with E-state index in [-0.39, 0.29) is 0 Å². The average Bonchev–Trinajstić information content (AvgIpc) is 2.64. The van der Waals surface area contributed by atoms with Crippen molar-refractivity contribution in [3.8, 4) is 11.1 Å². The van der Waals surface area contributed by atoms with Gasteiger partial charge in [-0.15, -0.1) is 0 Å². The van der Waals surface area contributed by atoms with E-state index in [1.807, 2.05) is 0 Å². The van der Waals surface area contributed by atoms with Crippen LogP contribution in [0.2, 0.25) is 0 Å². The molecule has 1 heteroatoms. The monoisotopic (exact) mass is 221 g/mol. The van der Waals surface area contributed by atoms with Crippen LogP contribution in [0, 0.1) is 6.92 Å². The summed E-state index contributed by atoms with van der Waals surface area (Å²) in [4.78, 5) is 0. The number of aromatic nitrogens is 1. The lowest BCUT2D eigenvalue weighted by molar-refractivity contribution is 0.919. The van der Waals surface area contributed by atoms with Crippen molar-refractivity contribution in [2.24, 2.45) is 7.05 Å². The summed E-state index contributed by atoms with van der Waals surface area (Å²) < 4.78 is 2.26. The molecule has 0 saturated carbocycles. The molecule has 0 spiro atoms. The van der Waals surface area contributed by atoms with Crippen LogP contribution in [0.4, 0.5) is 0 Å². The topological polar surface area (TPSA) is 4.93 Å². The molecular formula is C16H15N. The van der Waals surface area contributed by atoms with Crippen molar-refractivity contribution in [2.75, 3.05) is 0 Å². The van der Waals surface area contributed by atoms with E-state index in [0.29, 0.717) is 0 Å². The highest BCUT2D eigenvalue weighted by Gasteiger charge is 2.12. The lowest BCUT2D eigenvalue weighted by Gasteiger charge is -2.02. The van der Waals surface area contributed by atoms with Crippen molar-refractivity contribution >= 4 is 10.9 Å². The Morgan fingerprint density at radius 3 is 2.24 bits per heavy atom. The Hall–Kier alpha value is -2.02.